The van der Waals surface area contributed by atoms with E-state index in [1.54, 1.807) is 0 Å². The first-order valence-electron chi connectivity index (χ1n) is 6.88. The second kappa shape index (κ2) is 6.53. The summed E-state index contributed by atoms with van der Waals surface area (Å²) in [6, 6.07) is 0.614. The smallest absolute Gasteiger partial charge is 0.307 e. The van der Waals surface area contributed by atoms with E-state index in [1.165, 1.54) is 12.8 Å². The maximum absolute atomic E-state index is 11.6. The van der Waals surface area contributed by atoms with Crippen LogP contribution in [0, 0.1) is 0 Å². The van der Waals surface area contributed by atoms with E-state index >= 15 is 0 Å². The average molecular weight is 256 g/mol. The standard InChI is InChI=1S/C14H28N2O2/c1-14(2,3)18-13(17)8-11-16(5)12-6-9-15(4)10-7-12/h12H,6-11H2,1-5H3. The highest BCUT2D eigenvalue weighted by Gasteiger charge is 2.22. The molecule has 1 aliphatic rings. The number of esters is 1. The minimum atomic E-state index is -0.372. The van der Waals surface area contributed by atoms with Gasteiger partial charge in [-0.05, 0) is 60.8 Å². The van der Waals surface area contributed by atoms with Gasteiger partial charge in [-0.15, -0.1) is 0 Å². The van der Waals surface area contributed by atoms with E-state index in [-0.39, 0.29) is 11.6 Å². The molecule has 1 heterocycles. The molecule has 0 radical (unpaired) electrons. The van der Waals surface area contributed by atoms with Crippen LogP contribution in [-0.4, -0.2) is 61.1 Å². The lowest BCUT2D eigenvalue weighted by molar-refractivity contribution is -0.155. The predicted molar refractivity (Wildman–Crippen MR) is 73.6 cm³/mol. The van der Waals surface area contributed by atoms with E-state index in [0.717, 1.165) is 19.6 Å². The van der Waals surface area contributed by atoms with Gasteiger partial charge in [0.05, 0.1) is 6.42 Å². The summed E-state index contributed by atoms with van der Waals surface area (Å²) in [7, 11) is 4.28. The fraction of sp³-hybridized carbons (Fsp3) is 0.929. The topological polar surface area (TPSA) is 32.8 Å². The van der Waals surface area contributed by atoms with Gasteiger partial charge in [0.15, 0.2) is 0 Å². The van der Waals surface area contributed by atoms with Crippen molar-refractivity contribution in [3.05, 3.63) is 0 Å². The number of hydrogen-bond acceptors (Lipinski definition) is 4. The van der Waals surface area contributed by atoms with Crippen LogP contribution >= 0.6 is 0 Å². The van der Waals surface area contributed by atoms with Gasteiger partial charge < -0.3 is 14.5 Å². The lowest BCUT2D eigenvalue weighted by atomic mass is 10.0. The molecule has 18 heavy (non-hydrogen) atoms. The fourth-order valence-corrected chi connectivity index (χ4v) is 2.28. The molecule has 0 saturated carbocycles. The Balaban J connectivity index is 2.24. The molecule has 0 atom stereocenters. The number of hydrogen-bond donors (Lipinski definition) is 0. The Morgan fingerprint density at radius 1 is 1.33 bits per heavy atom. The molecule has 4 heteroatoms. The Hall–Kier alpha value is -0.610. The van der Waals surface area contributed by atoms with Crippen LogP contribution in [0.5, 0.6) is 0 Å². The van der Waals surface area contributed by atoms with Crippen molar-refractivity contribution >= 4 is 5.97 Å². The zero-order valence-electron chi connectivity index (χ0n) is 12.5. The fourth-order valence-electron chi connectivity index (χ4n) is 2.28. The highest BCUT2D eigenvalue weighted by Crippen LogP contribution is 2.15. The second-order valence-electron chi connectivity index (χ2n) is 6.35. The summed E-state index contributed by atoms with van der Waals surface area (Å²) >= 11 is 0. The highest BCUT2D eigenvalue weighted by molar-refractivity contribution is 5.70. The normalized spacial score (nSPS) is 19.2. The van der Waals surface area contributed by atoms with Crippen molar-refractivity contribution in [2.75, 3.05) is 33.7 Å². The molecule has 1 aliphatic heterocycles. The molecule has 1 saturated heterocycles. The number of ether oxygens (including phenoxy) is 1. The minimum absolute atomic E-state index is 0.0951. The van der Waals surface area contributed by atoms with Gasteiger partial charge in [0.1, 0.15) is 5.60 Å². The monoisotopic (exact) mass is 256 g/mol. The Morgan fingerprint density at radius 2 is 1.89 bits per heavy atom. The van der Waals surface area contributed by atoms with Crippen LogP contribution < -0.4 is 0 Å². The van der Waals surface area contributed by atoms with Crippen LogP contribution in [0.1, 0.15) is 40.0 Å². The van der Waals surface area contributed by atoms with Crippen LogP contribution in [-0.2, 0) is 9.53 Å². The van der Waals surface area contributed by atoms with Gasteiger partial charge in [-0.2, -0.15) is 0 Å². The Morgan fingerprint density at radius 3 is 2.39 bits per heavy atom. The average Bonchev–Trinajstić information content (AvgIpc) is 2.24. The Bertz CT molecular complexity index is 265. The number of carbonyl (C=O) groups excluding carboxylic acids is 1. The predicted octanol–water partition coefficient (Wildman–Crippen LogP) is 1.74. The molecule has 0 aliphatic carbocycles. The summed E-state index contributed by atoms with van der Waals surface area (Å²) in [5.41, 5.74) is -0.372. The third-order valence-corrected chi connectivity index (χ3v) is 3.40. The molecular weight excluding hydrogens is 228 g/mol. The zero-order chi connectivity index (χ0) is 13.8. The van der Waals surface area contributed by atoms with E-state index in [1.807, 2.05) is 20.8 Å². The molecule has 0 aromatic heterocycles. The maximum atomic E-state index is 11.6. The number of likely N-dealkylation sites (tertiary alicyclic amines) is 1. The van der Waals surface area contributed by atoms with Gasteiger partial charge in [0, 0.05) is 12.6 Å². The summed E-state index contributed by atoms with van der Waals surface area (Å²) in [6.45, 7) is 8.83. The lowest BCUT2D eigenvalue weighted by Gasteiger charge is -2.35. The van der Waals surface area contributed by atoms with Crippen LogP contribution in [0.15, 0.2) is 0 Å². The zero-order valence-corrected chi connectivity index (χ0v) is 12.5. The summed E-state index contributed by atoms with van der Waals surface area (Å²) in [6.07, 6.45) is 2.88. The molecule has 4 nitrogen and oxygen atoms in total. The Labute approximate surface area is 111 Å². The lowest BCUT2D eigenvalue weighted by Crippen LogP contribution is -2.42. The van der Waals surface area contributed by atoms with Gasteiger partial charge in [-0.1, -0.05) is 0 Å². The van der Waals surface area contributed by atoms with Crippen LogP contribution in [0.4, 0.5) is 0 Å². The third kappa shape index (κ3) is 5.83. The quantitative estimate of drug-likeness (QED) is 0.717. The second-order valence-corrected chi connectivity index (χ2v) is 6.35. The summed E-state index contributed by atoms with van der Waals surface area (Å²) in [4.78, 5) is 16.3. The molecule has 0 aromatic carbocycles. The minimum Gasteiger partial charge on any atom is -0.460 e. The molecule has 1 rings (SSSR count). The van der Waals surface area contributed by atoms with Gasteiger partial charge >= 0.3 is 5.97 Å². The van der Waals surface area contributed by atoms with Gasteiger partial charge in [-0.25, -0.2) is 0 Å². The van der Waals surface area contributed by atoms with Gasteiger partial charge in [0.2, 0.25) is 0 Å². The summed E-state index contributed by atoms with van der Waals surface area (Å²) in [5.74, 6) is -0.0951. The van der Waals surface area contributed by atoms with Crippen molar-refractivity contribution in [2.24, 2.45) is 0 Å². The molecule has 1 fully saturated rings. The van der Waals surface area contributed by atoms with Crippen molar-refractivity contribution in [1.82, 2.24) is 9.80 Å². The van der Waals surface area contributed by atoms with Crippen molar-refractivity contribution in [1.29, 1.82) is 0 Å². The molecule has 0 spiro atoms. The molecule has 0 bridgehead atoms. The van der Waals surface area contributed by atoms with E-state index in [9.17, 15) is 4.79 Å². The molecular formula is C14H28N2O2. The molecule has 0 N–H and O–H groups in total. The summed E-state index contributed by atoms with van der Waals surface area (Å²) < 4.78 is 5.32. The van der Waals surface area contributed by atoms with E-state index in [4.69, 9.17) is 4.74 Å². The van der Waals surface area contributed by atoms with E-state index < -0.39 is 0 Å². The largest absolute Gasteiger partial charge is 0.460 e. The van der Waals surface area contributed by atoms with E-state index in [0.29, 0.717) is 12.5 Å². The molecule has 0 aromatic rings. The summed E-state index contributed by atoms with van der Waals surface area (Å²) in [5, 5.41) is 0. The molecule has 106 valence electrons. The SMILES string of the molecule is CN1CCC(N(C)CCC(=O)OC(C)(C)C)CC1. The van der Waals surface area contributed by atoms with Gasteiger partial charge in [0.25, 0.3) is 0 Å². The van der Waals surface area contributed by atoms with Gasteiger partial charge in [-0.3, -0.25) is 4.79 Å². The van der Waals surface area contributed by atoms with Crippen LogP contribution in [0.3, 0.4) is 0 Å². The van der Waals surface area contributed by atoms with Crippen LogP contribution in [0.2, 0.25) is 0 Å². The number of carbonyl (C=O) groups is 1. The first-order chi connectivity index (χ1) is 8.28. The van der Waals surface area contributed by atoms with E-state index in [2.05, 4.69) is 23.9 Å². The third-order valence-electron chi connectivity index (χ3n) is 3.40. The Kier molecular flexibility index (Phi) is 5.60. The number of piperidine rings is 1. The van der Waals surface area contributed by atoms with Crippen molar-refractivity contribution in [2.45, 2.75) is 51.7 Å². The van der Waals surface area contributed by atoms with Crippen molar-refractivity contribution in [3.63, 3.8) is 0 Å². The first-order valence-corrected chi connectivity index (χ1v) is 6.88. The molecule has 0 unspecified atom stereocenters. The first kappa shape index (κ1) is 15.4. The van der Waals surface area contributed by atoms with Crippen LogP contribution in [0.25, 0.3) is 0 Å². The van der Waals surface area contributed by atoms with Crippen molar-refractivity contribution < 1.29 is 9.53 Å². The molecule has 0 amide bonds. The number of nitrogens with zero attached hydrogens (tertiary/aromatic N) is 2. The maximum Gasteiger partial charge on any atom is 0.307 e. The number of rotatable bonds is 4. The van der Waals surface area contributed by atoms with Crippen molar-refractivity contribution in [3.8, 4) is 0 Å². The highest BCUT2D eigenvalue weighted by atomic mass is 16.6.